The fraction of sp³-hybridized carbons (Fsp3) is 1.00. The van der Waals surface area contributed by atoms with Crippen molar-refractivity contribution >= 4 is 0 Å². The largest absolute Gasteiger partial charge is 0.383 e. The highest BCUT2D eigenvalue weighted by Gasteiger charge is 2.16. The zero-order valence-corrected chi connectivity index (χ0v) is 12.9. The van der Waals surface area contributed by atoms with Crippen molar-refractivity contribution in [2.24, 2.45) is 5.41 Å². The van der Waals surface area contributed by atoms with E-state index in [2.05, 4.69) is 30.6 Å². The summed E-state index contributed by atoms with van der Waals surface area (Å²) in [5, 5.41) is 0. The number of nitrogens with zero attached hydrogens (tertiary/aromatic N) is 2. The molecule has 0 aliphatic carbocycles. The van der Waals surface area contributed by atoms with Crippen LogP contribution in [0.2, 0.25) is 0 Å². The predicted molar refractivity (Wildman–Crippen MR) is 78.1 cm³/mol. The molecule has 108 valence electrons. The second-order valence-electron chi connectivity index (χ2n) is 6.69. The lowest BCUT2D eigenvalue weighted by atomic mass is 9.90. The standard InChI is InChI=1S/C15H32N2O/c1-15(2,3)7-5-6-8-16-9-11-17(12-10-16)13-14-18-4/h5-14H2,1-4H3. The predicted octanol–water partition coefficient (Wildman–Crippen LogP) is 2.47. The molecule has 0 spiro atoms. The molecule has 1 rings (SSSR count). The number of rotatable bonds is 7. The molecule has 0 radical (unpaired) electrons. The number of ether oxygens (including phenoxy) is 1. The molecule has 0 amide bonds. The molecule has 1 fully saturated rings. The fourth-order valence-corrected chi connectivity index (χ4v) is 2.45. The molecule has 18 heavy (non-hydrogen) atoms. The van der Waals surface area contributed by atoms with E-state index in [-0.39, 0.29) is 0 Å². The van der Waals surface area contributed by atoms with Crippen LogP contribution in [0.4, 0.5) is 0 Å². The topological polar surface area (TPSA) is 15.7 Å². The lowest BCUT2D eigenvalue weighted by Gasteiger charge is -2.34. The summed E-state index contributed by atoms with van der Waals surface area (Å²) in [6.07, 6.45) is 4.07. The average molecular weight is 256 g/mol. The van der Waals surface area contributed by atoms with E-state index >= 15 is 0 Å². The van der Waals surface area contributed by atoms with Gasteiger partial charge in [-0.1, -0.05) is 27.2 Å². The van der Waals surface area contributed by atoms with Gasteiger partial charge in [0.05, 0.1) is 6.61 Å². The SMILES string of the molecule is COCCN1CCN(CCCCC(C)(C)C)CC1. The molecular formula is C15H32N2O. The highest BCUT2D eigenvalue weighted by molar-refractivity contribution is 4.72. The summed E-state index contributed by atoms with van der Waals surface area (Å²) >= 11 is 0. The van der Waals surface area contributed by atoms with Crippen molar-refractivity contribution in [3.8, 4) is 0 Å². The molecule has 1 aliphatic rings. The lowest BCUT2D eigenvalue weighted by Crippen LogP contribution is -2.47. The summed E-state index contributed by atoms with van der Waals surface area (Å²) in [5.41, 5.74) is 0.499. The summed E-state index contributed by atoms with van der Waals surface area (Å²) in [6, 6.07) is 0. The van der Waals surface area contributed by atoms with Gasteiger partial charge in [0.1, 0.15) is 0 Å². The molecule has 0 aromatic rings. The minimum Gasteiger partial charge on any atom is -0.383 e. The minimum atomic E-state index is 0.499. The van der Waals surface area contributed by atoms with Crippen LogP contribution in [0.15, 0.2) is 0 Å². The number of hydrogen-bond donors (Lipinski definition) is 0. The van der Waals surface area contributed by atoms with Crippen molar-refractivity contribution in [2.75, 3.05) is 53.0 Å². The van der Waals surface area contributed by atoms with Crippen molar-refractivity contribution in [1.82, 2.24) is 9.80 Å². The van der Waals surface area contributed by atoms with Crippen molar-refractivity contribution < 1.29 is 4.74 Å². The van der Waals surface area contributed by atoms with E-state index in [0.717, 1.165) is 13.2 Å². The molecule has 1 saturated heterocycles. The summed E-state index contributed by atoms with van der Waals surface area (Å²) in [5.74, 6) is 0. The van der Waals surface area contributed by atoms with Gasteiger partial charge in [-0.25, -0.2) is 0 Å². The van der Waals surface area contributed by atoms with Gasteiger partial charge in [-0.05, 0) is 24.8 Å². The Hall–Kier alpha value is -0.120. The molecule has 3 heteroatoms. The van der Waals surface area contributed by atoms with Gasteiger partial charge in [0.2, 0.25) is 0 Å². The van der Waals surface area contributed by atoms with Crippen LogP contribution in [0.5, 0.6) is 0 Å². The molecule has 0 aromatic carbocycles. The Labute approximate surface area is 113 Å². The van der Waals surface area contributed by atoms with E-state index in [1.165, 1.54) is 52.0 Å². The molecule has 0 atom stereocenters. The molecule has 1 aliphatic heterocycles. The second kappa shape index (κ2) is 8.13. The van der Waals surface area contributed by atoms with Crippen molar-refractivity contribution in [3.05, 3.63) is 0 Å². The molecule has 0 N–H and O–H groups in total. The number of piperazine rings is 1. The van der Waals surface area contributed by atoms with E-state index in [9.17, 15) is 0 Å². The molecule has 0 unspecified atom stereocenters. The zero-order valence-electron chi connectivity index (χ0n) is 12.9. The molecule has 0 saturated carbocycles. The summed E-state index contributed by atoms with van der Waals surface area (Å²) < 4.78 is 5.13. The summed E-state index contributed by atoms with van der Waals surface area (Å²) in [6.45, 7) is 15.1. The van der Waals surface area contributed by atoms with Gasteiger partial charge in [0.25, 0.3) is 0 Å². The van der Waals surface area contributed by atoms with E-state index in [4.69, 9.17) is 4.74 Å². The maximum absolute atomic E-state index is 5.13. The Kier molecular flexibility index (Phi) is 7.20. The van der Waals surface area contributed by atoms with E-state index in [1.54, 1.807) is 7.11 Å². The Morgan fingerprint density at radius 3 is 1.94 bits per heavy atom. The van der Waals surface area contributed by atoms with Gasteiger partial charge in [-0.3, -0.25) is 4.90 Å². The van der Waals surface area contributed by atoms with Crippen LogP contribution in [0.1, 0.15) is 40.0 Å². The van der Waals surface area contributed by atoms with Gasteiger partial charge in [0, 0.05) is 39.8 Å². The van der Waals surface area contributed by atoms with E-state index < -0.39 is 0 Å². The molecule has 3 nitrogen and oxygen atoms in total. The van der Waals surface area contributed by atoms with Crippen LogP contribution in [0, 0.1) is 5.41 Å². The van der Waals surface area contributed by atoms with Gasteiger partial charge < -0.3 is 9.64 Å². The Balaban J connectivity index is 2.02. The van der Waals surface area contributed by atoms with Crippen molar-refractivity contribution in [2.45, 2.75) is 40.0 Å². The maximum atomic E-state index is 5.13. The number of methoxy groups -OCH3 is 1. The molecule has 0 aromatic heterocycles. The summed E-state index contributed by atoms with van der Waals surface area (Å²) in [7, 11) is 1.78. The van der Waals surface area contributed by atoms with Crippen LogP contribution in [-0.2, 0) is 4.74 Å². The van der Waals surface area contributed by atoms with E-state index in [0.29, 0.717) is 5.41 Å². The molecular weight excluding hydrogens is 224 g/mol. The molecule has 1 heterocycles. The highest BCUT2D eigenvalue weighted by Crippen LogP contribution is 2.21. The quantitative estimate of drug-likeness (QED) is 0.651. The first-order valence-electron chi connectivity index (χ1n) is 7.45. The smallest absolute Gasteiger partial charge is 0.0589 e. The van der Waals surface area contributed by atoms with Gasteiger partial charge in [-0.15, -0.1) is 0 Å². The first-order valence-corrected chi connectivity index (χ1v) is 7.45. The van der Waals surface area contributed by atoms with Crippen molar-refractivity contribution in [1.29, 1.82) is 0 Å². The first kappa shape index (κ1) is 15.9. The normalized spacial score (nSPS) is 19.3. The Morgan fingerprint density at radius 2 is 1.44 bits per heavy atom. The Bertz CT molecular complexity index is 205. The Morgan fingerprint density at radius 1 is 0.889 bits per heavy atom. The lowest BCUT2D eigenvalue weighted by molar-refractivity contribution is 0.0957. The molecule has 0 bridgehead atoms. The van der Waals surface area contributed by atoms with Crippen LogP contribution < -0.4 is 0 Å². The van der Waals surface area contributed by atoms with Crippen LogP contribution in [0.25, 0.3) is 0 Å². The third-order valence-corrected chi connectivity index (χ3v) is 3.73. The van der Waals surface area contributed by atoms with Gasteiger partial charge >= 0.3 is 0 Å². The van der Waals surface area contributed by atoms with Gasteiger partial charge in [-0.2, -0.15) is 0 Å². The zero-order chi connectivity index (χ0) is 13.4. The summed E-state index contributed by atoms with van der Waals surface area (Å²) in [4.78, 5) is 5.13. The van der Waals surface area contributed by atoms with Crippen LogP contribution in [-0.4, -0.2) is 62.8 Å². The highest BCUT2D eigenvalue weighted by atomic mass is 16.5. The number of unbranched alkanes of at least 4 members (excludes halogenated alkanes) is 1. The van der Waals surface area contributed by atoms with Crippen LogP contribution >= 0.6 is 0 Å². The monoisotopic (exact) mass is 256 g/mol. The second-order valence-corrected chi connectivity index (χ2v) is 6.69. The first-order chi connectivity index (χ1) is 8.51. The third-order valence-electron chi connectivity index (χ3n) is 3.73. The fourth-order valence-electron chi connectivity index (χ4n) is 2.45. The van der Waals surface area contributed by atoms with E-state index in [1.807, 2.05) is 0 Å². The van der Waals surface area contributed by atoms with Crippen LogP contribution in [0.3, 0.4) is 0 Å². The number of hydrogen-bond acceptors (Lipinski definition) is 3. The minimum absolute atomic E-state index is 0.499. The third kappa shape index (κ3) is 7.34. The average Bonchev–Trinajstić information content (AvgIpc) is 2.32. The van der Waals surface area contributed by atoms with Gasteiger partial charge in [0.15, 0.2) is 0 Å². The maximum Gasteiger partial charge on any atom is 0.0589 e. The van der Waals surface area contributed by atoms with Crippen molar-refractivity contribution in [3.63, 3.8) is 0 Å².